The molecule has 0 aliphatic heterocycles. The van der Waals surface area contributed by atoms with Gasteiger partial charge in [0.1, 0.15) is 14.9 Å². The predicted molar refractivity (Wildman–Crippen MR) is 240 cm³/mol. The van der Waals surface area contributed by atoms with Crippen LogP contribution in [0.25, 0.3) is 11.3 Å². The van der Waals surface area contributed by atoms with E-state index in [1.807, 2.05) is 44.2 Å². The summed E-state index contributed by atoms with van der Waals surface area (Å²) in [4.78, 5) is 51.7. The fourth-order valence-corrected chi connectivity index (χ4v) is 7.86. The summed E-state index contributed by atoms with van der Waals surface area (Å²) in [6, 6.07) is 14.5. The van der Waals surface area contributed by atoms with Gasteiger partial charge in [0.2, 0.25) is 0 Å². The van der Waals surface area contributed by atoms with Crippen molar-refractivity contribution in [3.63, 3.8) is 0 Å². The molecule has 0 saturated heterocycles. The van der Waals surface area contributed by atoms with Gasteiger partial charge in [-0.05, 0) is 95.6 Å². The molecule has 6 aromatic heterocycles. The van der Waals surface area contributed by atoms with Crippen LogP contribution >= 0.6 is 61.8 Å². The first-order valence-corrected chi connectivity index (χ1v) is 21.6. The highest BCUT2D eigenvalue weighted by Gasteiger charge is 2.22. The molecule has 16 heteroatoms. The molecule has 0 amide bonds. The van der Waals surface area contributed by atoms with E-state index in [0.717, 1.165) is 58.1 Å². The van der Waals surface area contributed by atoms with Gasteiger partial charge in [-0.15, -0.1) is 22.7 Å². The van der Waals surface area contributed by atoms with Gasteiger partial charge in [-0.2, -0.15) is 0 Å². The van der Waals surface area contributed by atoms with Crippen LogP contribution in [0, 0.1) is 13.8 Å². The SMILES string of the molecule is Cc1nc(-c2ccnc(Cl)c2)ccc1CCC(=O)c1cnc(C(C)(C)C)s1.Cc1nc(Br)ccc1CCC(=O)c1cnc(C(C)(C)C)s1.OB(O)c1ccnc(Cl)c1. The number of hydrogen-bond donors (Lipinski definition) is 2. The first kappa shape index (κ1) is 46.9. The number of aromatic nitrogens is 6. The molecule has 0 atom stereocenters. The monoisotopic (exact) mass is 922 g/mol. The standard InChI is InChI=1S/C21H22ClN3OS.C16H19BrN2OS.C5H5BClNO2/c1-13-14(5-7-16(25-13)15-9-10-23-19(22)11-15)6-8-17(26)18-12-24-20(27-18)21(2,3)4;1-10-11(6-8-14(17)19-10)5-7-12(20)13-9-18-15(21-13)16(2,3)4;7-5-3-4(6(9)10)1-2-8-5/h5,7,9-12H,6,8H2,1-4H3;6,8-9H,5,7H2,1-4H3;1-3,9-10H. The summed E-state index contributed by atoms with van der Waals surface area (Å²) in [5.41, 5.74) is 6.18. The van der Waals surface area contributed by atoms with Gasteiger partial charge in [0.25, 0.3) is 0 Å². The minimum Gasteiger partial charge on any atom is -0.423 e. The number of carbonyl (C=O) groups is 2. The number of thiazole rings is 2. The van der Waals surface area contributed by atoms with Gasteiger partial charge in [-0.25, -0.2) is 24.9 Å². The summed E-state index contributed by atoms with van der Waals surface area (Å²) < 4.78 is 0.826. The Balaban J connectivity index is 0.000000212. The molecule has 0 spiro atoms. The van der Waals surface area contributed by atoms with Gasteiger partial charge < -0.3 is 10.0 Å². The lowest BCUT2D eigenvalue weighted by atomic mass is 9.81. The molecule has 6 rings (SSSR count). The zero-order valence-corrected chi connectivity index (χ0v) is 38.4. The third-order valence-corrected chi connectivity index (χ3v) is 12.3. The van der Waals surface area contributed by atoms with E-state index in [2.05, 4.69) is 87.4 Å². The average Bonchev–Trinajstić information content (AvgIpc) is 3.87. The van der Waals surface area contributed by atoms with E-state index in [-0.39, 0.29) is 27.5 Å². The highest BCUT2D eigenvalue weighted by Crippen LogP contribution is 2.29. The Hall–Kier alpha value is -3.76. The summed E-state index contributed by atoms with van der Waals surface area (Å²) in [6.07, 6.45) is 8.82. The lowest BCUT2D eigenvalue weighted by Crippen LogP contribution is -2.29. The van der Waals surface area contributed by atoms with Crippen LogP contribution in [0.1, 0.15) is 106 Å². The van der Waals surface area contributed by atoms with E-state index in [9.17, 15) is 9.59 Å². The zero-order valence-electron chi connectivity index (χ0n) is 33.7. The van der Waals surface area contributed by atoms with E-state index >= 15 is 0 Å². The quantitative estimate of drug-likeness (QED) is 0.0772. The van der Waals surface area contributed by atoms with Crippen LogP contribution in [-0.2, 0) is 23.7 Å². The molecule has 0 aliphatic rings. The van der Waals surface area contributed by atoms with E-state index in [4.69, 9.17) is 33.2 Å². The molecule has 0 unspecified atom stereocenters. The minimum atomic E-state index is -1.47. The van der Waals surface area contributed by atoms with Crippen LogP contribution < -0.4 is 5.46 Å². The van der Waals surface area contributed by atoms with E-state index < -0.39 is 7.12 Å². The number of hydrogen-bond acceptors (Lipinski definition) is 12. The lowest BCUT2D eigenvalue weighted by Gasteiger charge is -2.13. The van der Waals surface area contributed by atoms with Crippen molar-refractivity contribution >= 4 is 86.0 Å². The fourth-order valence-electron chi connectivity index (χ4n) is 5.22. The molecule has 304 valence electrons. The molecular weight excluding hydrogens is 878 g/mol. The molecule has 2 N–H and O–H groups in total. The van der Waals surface area contributed by atoms with Crippen molar-refractivity contribution in [3.8, 4) is 11.3 Å². The Morgan fingerprint density at radius 1 is 0.690 bits per heavy atom. The Morgan fingerprint density at radius 2 is 1.17 bits per heavy atom. The Labute approximate surface area is 366 Å². The number of nitrogens with zero attached hydrogens (tertiary/aromatic N) is 6. The lowest BCUT2D eigenvalue weighted by molar-refractivity contribution is 0.0978. The van der Waals surface area contributed by atoms with Crippen LogP contribution in [0.5, 0.6) is 0 Å². The second-order valence-electron chi connectivity index (χ2n) is 15.4. The van der Waals surface area contributed by atoms with Gasteiger partial charge >= 0.3 is 7.12 Å². The predicted octanol–water partition coefficient (Wildman–Crippen LogP) is 9.81. The summed E-state index contributed by atoms with van der Waals surface area (Å²) in [6.45, 7) is 16.6. The maximum absolute atomic E-state index is 12.5. The molecule has 0 radical (unpaired) electrons. The molecule has 0 aromatic carbocycles. The second-order valence-corrected chi connectivity index (χ2v) is 19.0. The molecule has 58 heavy (non-hydrogen) atoms. The van der Waals surface area contributed by atoms with Gasteiger partial charge in [-0.3, -0.25) is 14.6 Å². The minimum absolute atomic E-state index is 0.00455. The van der Waals surface area contributed by atoms with Gasteiger partial charge in [0.15, 0.2) is 11.6 Å². The van der Waals surface area contributed by atoms with Crippen LogP contribution in [0.3, 0.4) is 0 Å². The third-order valence-electron chi connectivity index (χ3n) is 8.51. The Kier molecular flexibility index (Phi) is 17.0. The number of rotatable bonds is 10. The van der Waals surface area contributed by atoms with Crippen molar-refractivity contribution in [1.82, 2.24) is 29.9 Å². The molecule has 10 nitrogen and oxygen atoms in total. The van der Waals surface area contributed by atoms with Gasteiger partial charge in [0.05, 0.1) is 25.5 Å². The first-order valence-electron chi connectivity index (χ1n) is 18.4. The van der Waals surface area contributed by atoms with Crippen molar-refractivity contribution in [3.05, 3.63) is 131 Å². The molecule has 6 aromatic rings. The normalized spacial score (nSPS) is 11.3. The Morgan fingerprint density at radius 3 is 1.59 bits per heavy atom. The molecule has 0 aliphatic carbocycles. The smallest absolute Gasteiger partial charge is 0.423 e. The van der Waals surface area contributed by atoms with Crippen LogP contribution in [-0.4, -0.2) is 58.6 Å². The maximum Gasteiger partial charge on any atom is 0.488 e. The molecule has 0 saturated carbocycles. The number of ketones is 2. The van der Waals surface area contributed by atoms with E-state index in [0.29, 0.717) is 36.3 Å². The molecule has 0 fully saturated rings. The van der Waals surface area contributed by atoms with Crippen LogP contribution in [0.2, 0.25) is 10.3 Å². The highest BCUT2D eigenvalue weighted by atomic mass is 79.9. The van der Waals surface area contributed by atoms with E-state index in [1.54, 1.807) is 24.7 Å². The van der Waals surface area contributed by atoms with Crippen molar-refractivity contribution in [2.24, 2.45) is 0 Å². The molecule has 0 bridgehead atoms. The van der Waals surface area contributed by atoms with Crippen molar-refractivity contribution in [2.45, 2.75) is 91.9 Å². The van der Waals surface area contributed by atoms with Crippen molar-refractivity contribution in [1.29, 1.82) is 0 Å². The molecule has 6 heterocycles. The maximum atomic E-state index is 12.5. The summed E-state index contributed by atoms with van der Waals surface area (Å²) >= 11 is 17.8. The first-order chi connectivity index (χ1) is 27.2. The fraction of sp³-hybridized carbons (Fsp3) is 0.333. The van der Waals surface area contributed by atoms with Gasteiger partial charge in [0, 0.05) is 65.4 Å². The third kappa shape index (κ3) is 14.2. The zero-order chi connectivity index (χ0) is 42.8. The Bertz CT molecular complexity index is 2340. The number of pyridine rings is 4. The topological polar surface area (TPSA) is 152 Å². The number of aryl methyl sites for hydroxylation is 4. The second kappa shape index (κ2) is 21.0. The van der Waals surface area contributed by atoms with Crippen LogP contribution in [0.4, 0.5) is 0 Å². The number of halogens is 3. The van der Waals surface area contributed by atoms with Crippen molar-refractivity contribution in [2.75, 3.05) is 0 Å². The summed E-state index contributed by atoms with van der Waals surface area (Å²) in [5, 5.41) is 19.9. The largest absolute Gasteiger partial charge is 0.488 e. The number of Topliss-reactive ketones (excluding diaryl/α,β-unsaturated/α-hetero) is 2. The number of carbonyl (C=O) groups excluding carboxylic acids is 2. The summed E-state index contributed by atoms with van der Waals surface area (Å²) in [7, 11) is -1.47. The van der Waals surface area contributed by atoms with Gasteiger partial charge in [-0.1, -0.05) is 76.9 Å². The van der Waals surface area contributed by atoms with E-state index in [1.165, 1.54) is 41.0 Å². The van der Waals surface area contributed by atoms with Crippen molar-refractivity contribution < 1.29 is 19.6 Å². The summed E-state index contributed by atoms with van der Waals surface area (Å²) in [5.74, 6) is 0.290. The highest BCUT2D eigenvalue weighted by molar-refractivity contribution is 9.10. The molecular formula is C42H46BBrCl2N6O4S2. The van der Waals surface area contributed by atoms with Crippen LogP contribution in [0.15, 0.2) is 77.9 Å². The average molecular weight is 925 g/mol.